The second kappa shape index (κ2) is 6.06. The predicted molar refractivity (Wildman–Crippen MR) is 80.5 cm³/mol. The quantitative estimate of drug-likeness (QED) is 0.903. The lowest BCUT2D eigenvalue weighted by Crippen LogP contribution is -2.16. The molecule has 0 saturated carbocycles. The Kier molecular flexibility index (Phi) is 4.38. The van der Waals surface area contributed by atoms with Crippen LogP contribution < -0.4 is 5.73 Å². The zero-order chi connectivity index (χ0) is 15.6. The molecule has 110 valence electrons. The molecule has 1 atom stereocenters. The number of carboxylic acid groups (broad SMARTS) is 1. The maximum atomic E-state index is 13.9. The molecule has 1 unspecified atom stereocenters. The van der Waals surface area contributed by atoms with E-state index >= 15 is 0 Å². The summed E-state index contributed by atoms with van der Waals surface area (Å²) >= 11 is 0. The number of hydrogen-bond donors (Lipinski definition) is 2. The molecule has 2 aromatic carbocycles. The number of rotatable bonds is 4. The number of halogens is 1. The standard InChI is InChI=1S/C17H18FNO2/c1-10-5-3-4-6-13(10)14-7-12(18)8-15(11(14)2)16(19)9-17(20)21/h3-8,16H,9,19H2,1-2H3,(H,20,21). The van der Waals surface area contributed by atoms with Gasteiger partial charge < -0.3 is 10.8 Å². The Morgan fingerprint density at radius 1 is 1.24 bits per heavy atom. The van der Waals surface area contributed by atoms with Crippen molar-refractivity contribution < 1.29 is 14.3 Å². The normalized spacial score (nSPS) is 12.2. The highest BCUT2D eigenvalue weighted by atomic mass is 19.1. The minimum absolute atomic E-state index is 0.225. The Bertz CT molecular complexity index is 682. The number of benzene rings is 2. The number of aryl methyl sites for hydroxylation is 1. The molecule has 0 amide bonds. The van der Waals surface area contributed by atoms with E-state index in [0.29, 0.717) is 5.56 Å². The molecule has 0 aromatic heterocycles. The van der Waals surface area contributed by atoms with Crippen LogP contribution in [0.3, 0.4) is 0 Å². The summed E-state index contributed by atoms with van der Waals surface area (Å²) in [5.74, 6) is -1.40. The van der Waals surface area contributed by atoms with Crippen molar-refractivity contribution in [2.24, 2.45) is 5.73 Å². The molecule has 0 aliphatic rings. The number of aliphatic carboxylic acids is 1. The number of hydrogen-bond acceptors (Lipinski definition) is 2. The second-order valence-electron chi connectivity index (χ2n) is 5.19. The predicted octanol–water partition coefficient (Wildman–Crippen LogP) is 3.58. The Morgan fingerprint density at radius 2 is 1.90 bits per heavy atom. The highest BCUT2D eigenvalue weighted by Gasteiger charge is 2.17. The van der Waals surface area contributed by atoms with Crippen molar-refractivity contribution >= 4 is 5.97 Å². The van der Waals surface area contributed by atoms with Gasteiger partial charge in [0.25, 0.3) is 0 Å². The van der Waals surface area contributed by atoms with E-state index in [-0.39, 0.29) is 6.42 Å². The van der Waals surface area contributed by atoms with Gasteiger partial charge >= 0.3 is 5.97 Å². The zero-order valence-electron chi connectivity index (χ0n) is 12.1. The molecular weight excluding hydrogens is 269 g/mol. The molecule has 2 rings (SSSR count). The molecule has 0 heterocycles. The average molecular weight is 287 g/mol. The minimum atomic E-state index is -0.997. The van der Waals surface area contributed by atoms with Crippen LogP contribution in [0.2, 0.25) is 0 Å². The van der Waals surface area contributed by atoms with Gasteiger partial charge in [-0.2, -0.15) is 0 Å². The smallest absolute Gasteiger partial charge is 0.305 e. The first-order chi connectivity index (χ1) is 9.90. The number of carbonyl (C=O) groups is 1. The van der Waals surface area contributed by atoms with E-state index in [9.17, 15) is 9.18 Å². The van der Waals surface area contributed by atoms with E-state index in [1.807, 2.05) is 38.1 Å². The van der Waals surface area contributed by atoms with E-state index in [1.165, 1.54) is 12.1 Å². The summed E-state index contributed by atoms with van der Waals surface area (Å²) in [7, 11) is 0. The molecule has 3 N–H and O–H groups in total. The van der Waals surface area contributed by atoms with Crippen LogP contribution in [0.4, 0.5) is 4.39 Å². The molecule has 21 heavy (non-hydrogen) atoms. The first kappa shape index (κ1) is 15.2. The van der Waals surface area contributed by atoms with Crippen molar-refractivity contribution in [2.75, 3.05) is 0 Å². The van der Waals surface area contributed by atoms with Crippen molar-refractivity contribution in [2.45, 2.75) is 26.3 Å². The fourth-order valence-corrected chi connectivity index (χ4v) is 2.54. The van der Waals surface area contributed by atoms with E-state index < -0.39 is 17.8 Å². The van der Waals surface area contributed by atoms with Gasteiger partial charge in [0.2, 0.25) is 0 Å². The lowest BCUT2D eigenvalue weighted by molar-refractivity contribution is -0.137. The van der Waals surface area contributed by atoms with Crippen LogP contribution >= 0.6 is 0 Å². The van der Waals surface area contributed by atoms with Crippen LogP contribution in [0.25, 0.3) is 11.1 Å². The van der Waals surface area contributed by atoms with Crippen LogP contribution in [0.5, 0.6) is 0 Å². The van der Waals surface area contributed by atoms with Gasteiger partial charge in [-0.15, -0.1) is 0 Å². The van der Waals surface area contributed by atoms with Crippen molar-refractivity contribution in [1.29, 1.82) is 0 Å². The van der Waals surface area contributed by atoms with Gasteiger partial charge in [0.05, 0.1) is 6.42 Å². The third-order valence-corrected chi connectivity index (χ3v) is 3.64. The van der Waals surface area contributed by atoms with E-state index in [4.69, 9.17) is 10.8 Å². The molecule has 2 aromatic rings. The van der Waals surface area contributed by atoms with Crippen molar-refractivity contribution in [3.63, 3.8) is 0 Å². The van der Waals surface area contributed by atoms with Crippen LogP contribution in [0.15, 0.2) is 36.4 Å². The van der Waals surface area contributed by atoms with Crippen molar-refractivity contribution in [3.8, 4) is 11.1 Å². The molecule has 0 aliphatic carbocycles. The second-order valence-corrected chi connectivity index (χ2v) is 5.19. The Morgan fingerprint density at radius 3 is 2.52 bits per heavy atom. The summed E-state index contributed by atoms with van der Waals surface area (Å²) in [6.07, 6.45) is -0.225. The lowest BCUT2D eigenvalue weighted by Gasteiger charge is -2.17. The first-order valence-electron chi connectivity index (χ1n) is 6.73. The van der Waals surface area contributed by atoms with E-state index in [2.05, 4.69) is 0 Å². The highest BCUT2D eigenvalue weighted by Crippen LogP contribution is 2.32. The Balaban J connectivity index is 2.57. The maximum Gasteiger partial charge on any atom is 0.305 e. The van der Waals surface area contributed by atoms with Gasteiger partial charge in [-0.1, -0.05) is 24.3 Å². The molecule has 0 fully saturated rings. The summed E-state index contributed by atoms with van der Waals surface area (Å²) < 4.78 is 13.9. The third-order valence-electron chi connectivity index (χ3n) is 3.64. The summed E-state index contributed by atoms with van der Waals surface area (Å²) in [6, 6.07) is 9.76. The molecule has 0 saturated heterocycles. The fourth-order valence-electron chi connectivity index (χ4n) is 2.54. The summed E-state index contributed by atoms with van der Waals surface area (Å²) in [6.45, 7) is 3.80. The fraction of sp³-hybridized carbons (Fsp3) is 0.235. The summed E-state index contributed by atoms with van der Waals surface area (Å²) in [4.78, 5) is 10.8. The largest absolute Gasteiger partial charge is 0.481 e. The summed E-state index contributed by atoms with van der Waals surface area (Å²) in [5.41, 5.74) is 9.97. The average Bonchev–Trinajstić information content (AvgIpc) is 2.41. The van der Waals surface area contributed by atoms with Gasteiger partial charge in [0, 0.05) is 6.04 Å². The van der Waals surface area contributed by atoms with Crippen molar-refractivity contribution in [3.05, 3.63) is 58.9 Å². The molecule has 4 heteroatoms. The van der Waals surface area contributed by atoms with Gasteiger partial charge in [0.15, 0.2) is 0 Å². The lowest BCUT2D eigenvalue weighted by atomic mass is 9.90. The maximum absolute atomic E-state index is 13.9. The Labute approximate surface area is 123 Å². The van der Waals surface area contributed by atoms with Crippen LogP contribution in [-0.4, -0.2) is 11.1 Å². The topological polar surface area (TPSA) is 63.3 Å². The first-order valence-corrected chi connectivity index (χ1v) is 6.73. The SMILES string of the molecule is Cc1ccccc1-c1cc(F)cc(C(N)CC(=O)O)c1C. The number of carboxylic acids is 1. The summed E-state index contributed by atoms with van der Waals surface area (Å²) in [5, 5.41) is 8.86. The van der Waals surface area contributed by atoms with Gasteiger partial charge in [-0.05, 0) is 53.8 Å². The monoisotopic (exact) mass is 287 g/mol. The minimum Gasteiger partial charge on any atom is -0.481 e. The van der Waals surface area contributed by atoms with Crippen LogP contribution in [0.1, 0.15) is 29.2 Å². The zero-order valence-corrected chi connectivity index (χ0v) is 12.1. The van der Waals surface area contributed by atoms with Crippen molar-refractivity contribution in [1.82, 2.24) is 0 Å². The van der Waals surface area contributed by atoms with E-state index in [1.54, 1.807) is 0 Å². The van der Waals surface area contributed by atoms with Gasteiger partial charge in [-0.3, -0.25) is 4.79 Å². The molecule has 0 radical (unpaired) electrons. The molecular formula is C17H18FNO2. The van der Waals surface area contributed by atoms with Gasteiger partial charge in [0.1, 0.15) is 5.82 Å². The molecule has 0 spiro atoms. The van der Waals surface area contributed by atoms with E-state index in [0.717, 1.165) is 22.3 Å². The Hall–Kier alpha value is -2.20. The molecule has 0 aliphatic heterocycles. The number of nitrogens with two attached hydrogens (primary N) is 1. The molecule has 3 nitrogen and oxygen atoms in total. The highest BCUT2D eigenvalue weighted by molar-refractivity contribution is 5.73. The molecule has 0 bridgehead atoms. The third kappa shape index (κ3) is 3.28. The van der Waals surface area contributed by atoms with Gasteiger partial charge in [-0.25, -0.2) is 4.39 Å². The van der Waals surface area contributed by atoms with Crippen LogP contribution in [0, 0.1) is 19.7 Å². The van der Waals surface area contributed by atoms with Crippen LogP contribution in [-0.2, 0) is 4.79 Å².